The Morgan fingerprint density at radius 2 is 1.88 bits per heavy atom. The van der Waals surface area contributed by atoms with Crippen LogP contribution in [-0.2, 0) is 14.3 Å². The highest BCUT2D eigenvalue weighted by molar-refractivity contribution is 6.30. The maximum absolute atomic E-state index is 12.4. The van der Waals surface area contributed by atoms with Crippen LogP contribution in [0.15, 0.2) is 54.6 Å². The van der Waals surface area contributed by atoms with Crippen molar-refractivity contribution in [2.24, 2.45) is 0 Å². The number of amides is 1. The maximum atomic E-state index is 12.4. The molecule has 0 aromatic heterocycles. The Morgan fingerprint density at radius 1 is 1.12 bits per heavy atom. The molecule has 0 aliphatic heterocycles. The van der Waals surface area contributed by atoms with Crippen LogP contribution < -0.4 is 10.1 Å². The van der Waals surface area contributed by atoms with Crippen LogP contribution in [-0.4, -0.2) is 24.5 Å². The minimum atomic E-state index is -0.989. The lowest BCUT2D eigenvalue weighted by Gasteiger charge is -2.18. The summed E-state index contributed by atoms with van der Waals surface area (Å²) in [5, 5.41) is 3.38. The van der Waals surface area contributed by atoms with E-state index in [1.807, 2.05) is 6.07 Å². The van der Waals surface area contributed by atoms with Gasteiger partial charge in [0.2, 0.25) is 6.10 Å². The molecular weight excluding hydrogens is 342 g/mol. The quantitative estimate of drug-likeness (QED) is 0.770. The monoisotopic (exact) mass is 359 g/mol. The predicted molar refractivity (Wildman–Crippen MR) is 93.4 cm³/mol. The first-order valence-electron chi connectivity index (χ1n) is 8.05. The van der Waals surface area contributed by atoms with Crippen molar-refractivity contribution < 1.29 is 19.1 Å². The van der Waals surface area contributed by atoms with E-state index in [0.717, 1.165) is 12.8 Å². The Balaban J connectivity index is 1.62. The summed E-state index contributed by atoms with van der Waals surface area (Å²) in [4.78, 5) is 24.5. The van der Waals surface area contributed by atoms with Crippen molar-refractivity contribution in [3.05, 3.63) is 65.2 Å². The molecule has 1 aliphatic rings. The topological polar surface area (TPSA) is 64.6 Å². The molecule has 0 spiro atoms. The summed E-state index contributed by atoms with van der Waals surface area (Å²) in [6.45, 7) is -0.305. The molecule has 1 N–H and O–H groups in total. The van der Waals surface area contributed by atoms with E-state index in [0.29, 0.717) is 16.3 Å². The highest BCUT2D eigenvalue weighted by Gasteiger charge is 2.30. The summed E-state index contributed by atoms with van der Waals surface area (Å²) in [6, 6.07) is 15.8. The van der Waals surface area contributed by atoms with Crippen molar-refractivity contribution in [3.8, 4) is 5.75 Å². The van der Waals surface area contributed by atoms with Gasteiger partial charge in [-0.15, -0.1) is 0 Å². The Kier molecular flexibility index (Phi) is 5.56. The molecule has 0 radical (unpaired) electrons. The van der Waals surface area contributed by atoms with Crippen molar-refractivity contribution in [1.29, 1.82) is 0 Å². The summed E-state index contributed by atoms with van der Waals surface area (Å²) in [6.07, 6.45) is 0.926. The zero-order valence-electron chi connectivity index (χ0n) is 13.5. The van der Waals surface area contributed by atoms with Gasteiger partial charge >= 0.3 is 5.97 Å². The van der Waals surface area contributed by atoms with Crippen LogP contribution >= 0.6 is 11.6 Å². The summed E-state index contributed by atoms with van der Waals surface area (Å²) in [5.41, 5.74) is 0.622. The van der Waals surface area contributed by atoms with E-state index in [4.69, 9.17) is 21.1 Å². The van der Waals surface area contributed by atoms with Crippen LogP contribution in [0.1, 0.15) is 24.5 Å². The van der Waals surface area contributed by atoms with Crippen molar-refractivity contribution in [1.82, 2.24) is 5.32 Å². The molecule has 0 bridgehead atoms. The number of halogens is 1. The summed E-state index contributed by atoms with van der Waals surface area (Å²) < 4.78 is 10.7. The molecule has 2 aromatic rings. The highest BCUT2D eigenvalue weighted by Crippen LogP contribution is 2.23. The third kappa shape index (κ3) is 5.22. The Labute approximate surface area is 150 Å². The second kappa shape index (κ2) is 8.03. The molecule has 5 nitrogen and oxygen atoms in total. The molecule has 25 heavy (non-hydrogen) atoms. The zero-order valence-corrected chi connectivity index (χ0v) is 14.2. The molecular formula is C19H18ClNO4. The number of benzene rings is 2. The summed E-state index contributed by atoms with van der Waals surface area (Å²) in [7, 11) is 0. The molecule has 0 heterocycles. The fourth-order valence-corrected chi connectivity index (χ4v) is 2.45. The number of hydrogen-bond acceptors (Lipinski definition) is 4. The smallest absolute Gasteiger partial charge is 0.345 e. The molecule has 0 unspecified atom stereocenters. The molecule has 2 aromatic carbocycles. The molecule has 6 heteroatoms. The fourth-order valence-electron chi connectivity index (χ4n) is 2.27. The number of rotatable bonds is 7. The van der Waals surface area contributed by atoms with Gasteiger partial charge in [0.15, 0.2) is 6.61 Å². The highest BCUT2D eigenvalue weighted by atomic mass is 35.5. The van der Waals surface area contributed by atoms with Gasteiger partial charge in [0.05, 0.1) is 0 Å². The predicted octanol–water partition coefficient (Wildman–Crippen LogP) is 3.28. The minimum absolute atomic E-state index is 0.181. The van der Waals surface area contributed by atoms with Crippen molar-refractivity contribution in [3.63, 3.8) is 0 Å². The molecule has 3 rings (SSSR count). The van der Waals surface area contributed by atoms with Gasteiger partial charge < -0.3 is 14.8 Å². The van der Waals surface area contributed by atoms with Gasteiger partial charge in [0.1, 0.15) is 5.75 Å². The molecule has 1 aliphatic carbocycles. The van der Waals surface area contributed by atoms with Gasteiger partial charge in [-0.3, -0.25) is 4.79 Å². The summed E-state index contributed by atoms with van der Waals surface area (Å²) in [5.74, 6) is -0.479. The van der Waals surface area contributed by atoms with Gasteiger partial charge in [0.25, 0.3) is 5.91 Å². The molecule has 1 amide bonds. The first-order chi connectivity index (χ1) is 12.1. The lowest BCUT2D eigenvalue weighted by Crippen LogP contribution is -2.34. The van der Waals surface area contributed by atoms with Crippen LogP contribution in [0.3, 0.4) is 0 Å². The van der Waals surface area contributed by atoms with E-state index in [1.54, 1.807) is 48.5 Å². The second-order valence-corrected chi connectivity index (χ2v) is 6.25. The maximum Gasteiger partial charge on any atom is 0.345 e. The zero-order chi connectivity index (χ0) is 17.6. The van der Waals surface area contributed by atoms with E-state index in [-0.39, 0.29) is 18.6 Å². The van der Waals surface area contributed by atoms with Gasteiger partial charge in [-0.1, -0.05) is 48.0 Å². The number of carbonyl (C=O) groups is 2. The van der Waals surface area contributed by atoms with Gasteiger partial charge in [-0.25, -0.2) is 4.79 Å². The molecule has 1 atom stereocenters. The fraction of sp³-hybridized carbons (Fsp3) is 0.263. The average Bonchev–Trinajstić information content (AvgIpc) is 3.42. The first-order valence-corrected chi connectivity index (χ1v) is 8.43. The van der Waals surface area contributed by atoms with E-state index in [1.165, 1.54) is 0 Å². The van der Waals surface area contributed by atoms with E-state index in [2.05, 4.69) is 5.32 Å². The first kappa shape index (κ1) is 17.3. The van der Waals surface area contributed by atoms with Gasteiger partial charge in [-0.2, -0.15) is 0 Å². The van der Waals surface area contributed by atoms with E-state index in [9.17, 15) is 9.59 Å². The average molecular weight is 360 g/mol. The largest absolute Gasteiger partial charge is 0.482 e. The Morgan fingerprint density at radius 3 is 2.56 bits per heavy atom. The Bertz CT molecular complexity index is 746. The standard InChI is InChI=1S/C19H18ClNO4/c20-14-7-4-8-16(11-14)24-12-17(22)25-18(13-5-2-1-3-6-13)19(23)21-15-9-10-15/h1-8,11,15,18H,9-10,12H2,(H,21,23)/t18-/m1/s1. The van der Waals surface area contributed by atoms with Crippen molar-refractivity contribution in [2.45, 2.75) is 25.0 Å². The van der Waals surface area contributed by atoms with Crippen LogP contribution in [0.4, 0.5) is 0 Å². The van der Waals surface area contributed by atoms with Crippen molar-refractivity contribution >= 4 is 23.5 Å². The van der Waals surface area contributed by atoms with Crippen LogP contribution in [0.2, 0.25) is 5.02 Å². The summed E-state index contributed by atoms with van der Waals surface area (Å²) >= 11 is 5.87. The van der Waals surface area contributed by atoms with Crippen LogP contribution in [0.5, 0.6) is 5.75 Å². The normalized spacial score (nSPS) is 14.4. The number of ether oxygens (including phenoxy) is 2. The third-order valence-corrected chi connectivity index (χ3v) is 3.90. The van der Waals surface area contributed by atoms with Gasteiger partial charge in [0, 0.05) is 16.6 Å². The second-order valence-electron chi connectivity index (χ2n) is 5.81. The van der Waals surface area contributed by atoms with Crippen molar-refractivity contribution in [2.75, 3.05) is 6.61 Å². The number of esters is 1. The molecule has 1 saturated carbocycles. The molecule has 0 saturated heterocycles. The lowest BCUT2D eigenvalue weighted by molar-refractivity contribution is -0.158. The van der Waals surface area contributed by atoms with Gasteiger partial charge in [-0.05, 0) is 31.0 Å². The number of carbonyl (C=O) groups excluding carboxylic acids is 2. The van der Waals surface area contributed by atoms with E-state index < -0.39 is 12.1 Å². The van der Waals surface area contributed by atoms with Crippen LogP contribution in [0.25, 0.3) is 0 Å². The Hall–Kier alpha value is -2.53. The molecule has 1 fully saturated rings. The van der Waals surface area contributed by atoms with Crippen LogP contribution in [0, 0.1) is 0 Å². The minimum Gasteiger partial charge on any atom is -0.482 e. The number of nitrogens with one attached hydrogen (secondary N) is 1. The SMILES string of the molecule is O=C(COc1cccc(Cl)c1)O[C@@H](C(=O)NC1CC1)c1ccccc1. The van der Waals surface area contributed by atoms with E-state index >= 15 is 0 Å². The molecule has 130 valence electrons. The number of hydrogen-bond donors (Lipinski definition) is 1. The third-order valence-electron chi connectivity index (χ3n) is 3.67. The lowest BCUT2D eigenvalue weighted by atomic mass is 10.1.